The average Bonchev–Trinajstić information content (AvgIpc) is 2.40. The molecule has 1 aliphatic rings. The van der Waals surface area contributed by atoms with Gasteiger partial charge in [-0.1, -0.05) is 36.2 Å². The quantitative estimate of drug-likeness (QED) is 0.611. The highest BCUT2D eigenvalue weighted by Crippen LogP contribution is 2.42. The fourth-order valence-corrected chi connectivity index (χ4v) is 3.50. The first-order valence-corrected chi connectivity index (χ1v) is 7.63. The van der Waals surface area contributed by atoms with Crippen LogP contribution in [0.1, 0.15) is 31.2 Å². The van der Waals surface area contributed by atoms with Crippen molar-refractivity contribution in [2.24, 2.45) is 11.8 Å². The molecule has 0 nitrogen and oxygen atoms in total. The summed E-state index contributed by atoms with van der Waals surface area (Å²) >= 11 is 12.4. The second-order valence-corrected chi connectivity index (χ2v) is 6.44. The first-order chi connectivity index (χ1) is 9.38. The lowest BCUT2D eigenvalue weighted by Crippen LogP contribution is -2.32. The highest BCUT2D eigenvalue weighted by Gasteiger charge is 2.43. The van der Waals surface area contributed by atoms with Crippen molar-refractivity contribution in [2.45, 2.75) is 43.7 Å². The maximum absolute atomic E-state index is 12.8. The first-order valence-electron chi connectivity index (χ1n) is 6.82. The van der Waals surface area contributed by atoms with Gasteiger partial charge in [-0.15, -0.1) is 11.6 Å². The summed E-state index contributed by atoms with van der Waals surface area (Å²) in [6.45, 7) is 0. The molecule has 5 heteroatoms. The van der Waals surface area contributed by atoms with E-state index in [9.17, 15) is 13.2 Å². The van der Waals surface area contributed by atoms with Gasteiger partial charge in [0.15, 0.2) is 0 Å². The van der Waals surface area contributed by atoms with Crippen molar-refractivity contribution in [1.29, 1.82) is 0 Å². The molecule has 1 aliphatic carbocycles. The lowest BCUT2D eigenvalue weighted by Gasteiger charge is -2.33. The van der Waals surface area contributed by atoms with Crippen molar-refractivity contribution in [1.82, 2.24) is 0 Å². The molecule has 0 N–H and O–H groups in total. The minimum absolute atomic E-state index is 0.0895. The molecule has 0 radical (unpaired) electrons. The molecule has 112 valence electrons. The minimum atomic E-state index is -4.10. The molecule has 1 aromatic rings. The predicted octanol–water partition coefficient (Wildman–Crippen LogP) is 5.86. The van der Waals surface area contributed by atoms with E-state index in [0.717, 1.165) is 12.0 Å². The standard InChI is InChI=1S/C15H17Cl2F3/c16-13-7-2-1-4-11(13)9-14(17)10-5-3-6-12(8-10)15(18,19)20/h1-2,4,7,10,12,14H,3,5-6,8-9H2. The second-order valence-electron chi connectivity index (χ2n) is 5.48. The van der Waals surface area contributed by atoms with Crippen molar-refractivity contribution in [3.63, 3.8) is 0 Å². The Kier molecular flexibility index (Phi) is 5.25. The molecule has 3 unspecified atom stereocenters. The van der Waals surface area contributed by atoms with Crippen LogP contribution in [0.15, 0.2) is 24.3 Å². The fourth-order valence-electron chi connectivity index (χ4n) is 2.89. The Hall–Kier alpha value is -0.410. The average molecular weight is 325 g/mol. The third-order valence-electron chi connectivity index (χ3n) is 4.06. The third kappa shape index (κ3) is 4.05. The van der Waals surface area contributed by atoms with E-state index in [1.165, 1.54) is 0 Å². The normalized spacial score (nSPS) is 25.4. The van der Waals surface area contributed by atoms with Gasteiger partial charge in [-0.3, -0.25) is 0 Å². The SMILES string of the molecule is FC(F)(F)C1CCCC(C(Cl)Cc2ccccc2Cl)C1. The second kappa shape index (κ2) is 6.57. The monoisotopic (exact) mass is 324 g/mol. The van der Waals surface area contributed by atoms with Crippen molar-refractivity contribution >= 4 is 23.2 Å². The molecular formula is C15H17Cl2F3. The fraction of sp³-hybridized carbons (Fsp3) is 0.600. The molecule has 2 rings (SSSR count). The highest BCUT2D eigenvalue weighted by atomic mass is 35.5. The molecule has 3 atom stereocenters. The Labute approximate surface area is 127 Å². The van der Waals surface area contributed by atoms with E-state index >= 15 is 0 Å². The lowest BCUT2D eigenvalue weighted by molar-refractivity contribution is -0.185. The molecule has 0 heterocycles. The Morgan fingerprint density at radius 2 is 1.90 bits per heavy atom. The zero-order chi connectivity index (χ0) is 14.8. The van der Waals surface area contributed by atoms with Crippen molar-refractivity contribution < 1.29 is 13.2 Å². The van der Waals surface area contributed by atoms with Gasteiger partial charge in [0.05, 0.1) is 5.92 Å². The predicted molar refractivity (Wildman–Crippen MR) is 76.3 cm³/mol. The van der Waals surface area contributed by atoms with E-state index in [1.807, 2.05) is 18.2 Å². The Balaban J connectivity index is 1.99. The smallest absolute Gasteiger partial charge is 0.171 e. The summed E-state index contributed by atoms with van der Waals surface area (Å²) in [7, 11) is 0. The van der Waals surface area contributed by atoms with E-state index < -0.39 is 12.1 Å². The summed E-state index contributed by atoms with van der Waals surface area (Å²) in [4.78, 5) is 0. The summed E-state index contributed by atoms with van der Waals surface area (Å²) in [6, 6.07) is 7.35. The number of alkyl halides is 4. The molecule has 0 saturated heterocycles. The minimum Gasteiger partial charge on any atom is -0.171 e. The lowest BCUT2D eigenvalue weighted by atomic mass is 9.78. The molecule has 0 bridgehead atoms. The van der Waals surface area contributed by atoms with Crippen LogP contribution >= 0.6 is 23.2 Å². The molecule has 0 spiro atoms. The van der Waals surface area contributed by atoms with E-state index in [1.54, 1.807) is 6.07 Å². The zero-order valence-electron chi connectivity index (χ0n) is 11.0. The molecule has 1 saturated carbocycles. The van der Waals surface area contributed by atoms with Crippen molar-refractivity contribution in [3.05, 3.63) is 34.9 Å². The van der Waals surface area contributed by atoms with Crippen molar-refractivity contribution in [3.8, 4) is 0 Å². The van der Waals surface area contributed by atoms with Crippen LogP contribution in [0.5, 0.6) is 0 Å². The third-order valence-corrected chi connectivity index (χ3v) is 4.94. The van der Waals surface area contributed by atoms with Gasteiger partial charge in [0.25, 0.3) is 0 Å². The van der Waals surface area contributed by atoms with Crippen LogP contribution in [0, 0.1) is 11.8 Å². The maximum Gasteiger partial charge on any atom is 0.391 e. The van der Waals surface area contributed by atoms with Crippen LogP contribution in [-0.2, 0) is 6.42 Å². The van der Waals surface area contributed by atoms with Crippen LogP contribution in [0.25, 0.3) is 0 Å². The summed E-state index contributed by atoms with van der Waals surface area (Å²) in [5, 5.41) is 0.335. The molecule has 1 aromatic carbocycles. The van der Waals surface area contributed by atoms with Crippen LogP contribution in [-0.4, -0.2) is 11.6 Å². The zero-order valence-corrected chi connectivity index (χ0v) is 12.5. The van der Waals surface area contributed by atoms with Gasteiger partial charge in [-0.25, -0.2) is 0 Å². The van der Waals surface area contributed by atoms with Gasteiger partial charge in [-0.05, 0) is 43.2 Å². The Morgan fingerprint density at radius 3 is 2.55 bits per heavy atom. The van der Waals surface area contributed by atoms with Crippen LogP contribution in [0.4, 0.5) is 13.2 Å². The summed E-state index contributed by atoms with van der Waals surface area (Å²) in [6.07, 6.45) is -1.83. The van der Waals surface area contributed by atoms with Gasteiger partial charge in [0.1, 0.15) is 0 Å². The molecule has 0 aliphatic heterocycles. The van der Waals surface area contributed by atoms with Gasteiger partial charge >= 0.3 is 6.18 Å². The number of benzene rings is 1. The number of rotatable bonds is 3. The van der Waals surface area contributed by atoms with Gasteiger partial charge in [-0.2, -0.15) is 13.2 Å². The van der Waals surface area contributed by atoms with Gasteiger partial charge in [0.2, 0.25) is 0 Å². The number of hydrogen-bond acceptors (Lipinski definition) is 0. The van der Waals surface area contributed by atoms with E-state index in [2.05, 4.69) is 0 Å². The van der Waals surface area contributed by atoms with Gasteiger partial charge < -0.3 is 0 Å². The molecule has 0 aromatic heterocycles. The van der Waals surface area contributed by atoms with E-state index in [0.29, 0.717) is 17.9 Å². The Morgan fingerprint density at radius 1 is 1.20 bits per heavy atom. The van der Waals surface area contributed by atoms with E-state index in [-0.39, 0.29) is 24.1 Å². The maximum atomic E-state index is 12.8. The first kappa shape index (κ1) is 16.0. The van der Waals surface area contributed by atoms with Gasteiger partial charge in [0, 0.05) is 10.4 Å². The molecule has 0 amide bonds. The highest BCUT2D eigenvalue weighted by molar-refractivity contribution is 6.31. The van der Waals surface area contributed by atoms with Crippen LogP contribution in [0.3, 0.4) is 0 Å². The number of hydrogen-bond donors (Lipinski definition) is 0. The van der Waals surface area contributed by atoms with Crippen molar-refractivity contribution in [2.75, 3.05) is 0 Å². The van der Waals surface area contributed by atoms with E-state index in [4.69, 9.17) is 23.2 Å². The topological polar surface area (TPSA) is 0 Å². The van der Waals surface area contributed by atoms with Crippen LogP contribution in [0.2, 0.25) is 5.02 Å². The number of halogens is 5. The van der Waals surface area contributed by atoms with Crippen LogP contribution < -0.4 is 0 Å². The summed E-state index contributed by atoms with van der Waals surface area (Å²) < 4.78 is 38.4. The molecule has 20 heavy (non-hydrogen) atoms. The summed E-state index contributed by atoms with van der Waals surface area (Å²) in [5.74, 6) is -1.29. The molecule has 1 fully saturated rings. The largest absolute Gasteiger partial charge is 0.391 e. The summed E-state index contributed by atoms with van der Waals surface area (Å²) in [5.41, 5.74) is 0.906. The molecular weight excluding hydrogens is 308 g/mol. The Bertz CT molecular complexity index is 445.